The van der Waals surface area contributed by atoms with Gasteiger partial charge in [-0.1, -0.05) is 0 Å². The van der Waals surface area contributed by atoms with E-state index in [-0.39, 0.29) is 0 Å². The Morgan fingerprint density at radius 1 is 1.56 bits per heavy atom. The van der Waals surface area contributed by atoms with Crippen molar-refractivity contribution in [1.29, 1.82) is 0 Å². The first-order chi connectivity index (χ1) is 8.66. The second kappa shape index (κ2) is 5.54. The zero-order valence-electron chi connectivity index (χ0n) is 9.80. The molecule has 1 amide bonds. The number of aromatic nitrogens is 2. The molecule has 5 N–H and O–H groups in total. The molecule has 2 heterocycles. The summed E-state index contributed by atoms with van der Waals surface area (Å²) >= 11 is 1.29. The zero-order chi connectivity index (χ0) is 13.0. The Bertz CT molecular complexity index is 520. The van der Waals surface area contributed by atoms with Crippen molar-refractivity contribution in [2.24, 2.45) is 5.73 Å². The number of rotatable bonds is 6. The molecule has 0 aromatic carbocycles. The number of nitrogens with zero attached hydrogens (tertiary/aromatic N) is 2. The fourth-order valence-electron chi connectivity index (χ4n) is 1.58. The van der Waals surface area contributed by atoms with Crippen molar-refractivity contribution in [1.82, 2.24) is 9.55 Å². The average Bonchev–Trinajstić information content (AvgIpc) is 2.94. The summed E-state index contributed by atoms with van der Waals surface area (Å²) in [7, 11) is 0. The lowest BCUT2D eigenvalue weighted by molar-refractivity contribution is 0.100. The van der Waals surface area contributed by atoms with Crippen LogP contribution >= 0.6 is 11.3 Å². The maximum atomic E-state index is 11.0. The van der Waals surface area contributed by atoms with Crippen LogP contribution in [-0.2, 0) is 6.54 Å². The van der Waals surface area contributed by atoms with Crippen LogP contribution in [-0.4, -0.2) is 22.0 Å². The minimum atomic E-state index is -0.482. The molecule has 0 unspecified atom stereocenters. The van der Waals surface area contributed by atoms with Crippen molar-refractivity contribution in [3.8, 4) is 0 Å². The fourth-order valence-corrected chi connectivity index (χ4v) is 2.43. The lowest BCUT2D eigenvalue weighted by Gasteiger charge is -2.03. The summed E-state index contributed by atoms with van der Waals surface area (Å²) in [5, 5.41) is 4.09. The predicted molar refractivity (Wildman–Crippen MR) is 72.6 cm³/mol. The molecule has 0 spiro atoms. The largest absolute Gasteiger partial charge is 0.397 e. The molecule has 18 heavy (non-hydrogen) atoms. The van der Waals surface area contributed by atoms with Gasteiger partial charge in [-0.3, -0.25) is 4.79 Å². The number of nitrogen functional groups attached to an aromatic ring is 1. The topological polar surface area (TPSA) is 99.0 Å². The summed E-state index contributed by atoms with van der Waals surface area (Å²) in [5.74, 6) is -0.482. The molecule has 0 aliphatic heterocycles. The van der Waals surface area contributed by atoms with Gasteiger partial charge < -0.3 is 21.4 Å². The second-order valence-electron chi connectivity index (χ2n) is 3.84. The van der Waals surface area contributed by atoms with E-state index in [4.69, 9.17) is 11.5 Å². The number of primary amides is 1. The van der Waals surface area contributed by atoms with E-state index >= 15 is 0 Å². The van der Waals surface area contributed by atoms with Gasteiger partial charge in [0, 0.05) is 25.5 Å². The van der Waals surface area contributed by atoms with Gasteiger partial charge in [0.05, 0.1) is 17.0 Å². The lowest BCUT2D eigenvalue weighted by Crippen LogP contribution is -2.10. The number of hydrogen-bond acceptors (Lipinski definition) is 5. The highest BCUT2D eigenvalue weighted by Gasteiger charge is 2.10. The number of hydrogen-bond donors (Lipinski definition) is 3. The standard InChI is InChI=1S/C11H15N5OS/c12-8-6-9(18-10(8)11(13)17)15-2-1-4-16-5-3-14-7-16/h3,5-7,15H,1-2,4,12H2,(H2,13,17). The lowest BCUT2D eigenvalue weighted by atomic mass is 10.4. The van der Waals surface area contributed by atoms with E-state index in [1.165, 1.54) is 11.3 Å². The van der Waals surface area contributed by atoms with E-state index in [1.807, 2.05) is 10.8 Å². The Morgan fingerprint density at radius 2 is 2.39 bits per heavy atom. The molecular weight excluding hydrogens is 250 g/mol. The van der Waals surface area contributed by atoms with Gasteiger partial charge in [0.25, 0.3) is 5.91 Å². The maximum absolute atomic E-state index is 11.0. The van der Waals surface area contributed by atoms with E-state index in [0.29, 0.717) is 10.6 Å². The van der Waals surface area contributed by atoms with Crippen molar-refractivity contribution in [3.05, 3.63) is 29.7 Å². The van der Waals surface area contributed by atoms with Crippen LogP contribution in [0.15, 0.2) is 24.8 Å². The molecule has 0 bridgehead atoms. The van der Waals surface area contributed by atoms with Gasteiger partial charge in [-0.25, -0.2) is 4.98 Å². The number of carbonyl (C=O) groups excluding carboxylic acids is 1. The van der Waals surface area contributed by atoms with Crippen LogP contribution in [0.1, 0.15) is 16.1 Å². The van der Waals surface area contributed by atoms with E-state index in [9.17, 15) is 4.79 Å². The van der Waals surface area contributed by atoms with E-state index in [2.05, 4.69) is 10.3 Å². The average molecular weight is 265 g/mol. The quantitative estimate of drug-likeness (QED) is 0.682. The number of aryl methyl sites for hydroxylation is 1. The molecule has 2 rings (SSSR count). The highest BCUT2D eigenvalue weighted by atomic mass is 32.1. The van der Waals surface area contributed by atoms with Gasteiger partial charge >= 0.3 is 0 Å². The number of amides is 1. The van der Waals surface area contributed by atoms with E-state index in [1.54, 1.807) is 18.6 Å². The smallest absolute Gasteiger partial charge is 0.260 e. The van der Waals surface area contributed by atoms with Crippen molar-refractivity contribution in [3.63, 3.8) is 0 Å². The fraction of sp³-hybridized carbons (Fsp3) is 0.273. The van der Waals surface area contributed by atoms with Crippen LogP contribution in [0, 0.1) is 0 Å². The summed E-state index contributed by atoms with van der Waals surface area (Å²) in [5.41, 5.74) is 11.3. The third-order valence-electron chi connectivity index (χ3n) is 2.44. The molecule has 2 aromatic heterocycles. The third-order valence-corrected chi connectivity index (χ3v) is 3.56. The van der Waals surface area contributed by atoms with Gasteiger partial charge in [-0.05, 0) is 12.5 Å². The number of thiophene rings is 1. The minimum absolute atomic E-state index is 0.409. The monoisotopic (exact) mass is 265 g/mol. The van der Waals surface area contributed by atoms with Crippen molar-refractivity contribution in [2.45, 2.75) is 13.0 Å². The Morgan fingerprint density at radius 3 is 3.00 bits per heavy atom. The van der Waals surface area contributed by atoms with Crippen molar-refractivity contribution < 1.29 is 4.79 Å². The predicted octanol–water partition coefficient (Wildman–Crippen LogP) is 1.13. The highest BCUT2D eigenvalue weighted by Crippen LogP contribution is 2.28. The first kappa shape index (κ1) is 12.4. The number of nitrogens with one attached hydrogen (secondary N) is 1. The van der Waals surface area contributed by atoms with Crippen LogP contribution in [0.25, 0.3) is 0 Å². The number of anilines is 2. The molecule has 0 atom stereocenters. The molecule has 0 radical (unpaired) electrons. The summed E-state index contributed by atoms with van der Waals surface area (Å²) < 4.78 is 2.01. The van der Waals surface area contributed by atoms with Crippen LogP contribution in [0.2, 0.25) is 0 Å². The molecule has 7 heteroatoms. The Hall–Kier alpha value is -2.02. The second-order valence-corrected chi connectivity index (χ2v) is 4.89. The summed E-state index contributed by atoms with van der Waals surface area (Å²) in [6, 6.07) is 1.74. The van der Waals surface area contributed by atoms with Gasteiger partial charge in [0.1, 0.15) is 4.88 Å². The van der Waals surface area contributed by atoms with Crippen molar-refractivity contribution >= 4 is 27.9 Å². The van der Waals surface area contributed by atoms with Crippen LogP contribution < -0.4 is 16.8 Å². The first-order valence-electron chi connectivity index (χ1n) is 5.55. The molecular formula is C11H15N5OS. The minimum Gasteiger partial charge on any atom is -0.397 e. The highest BCUT2D eigenvalue weighted by molar-refractivity contribution is 7.18. The van der Waals surface area contributed by atoms with Crippen LogP contribution in [0.4, 0.5) is 10.7 Å². The Labute approximate surface area is 109 Å². The van der Waals surface area contributed by atoms with E-state index in [0.717, 1.165) is 24.5 Å². The van der Waals surface area contributed by atoms with Crippen LogP contribution in [0.3, 0.4) is 0 Å². The first-order valence-corrected chi connectivity index (χ1v) is 6.37. The van der Waals surface area contributed by atoms with Crippen LogP contribution in [0.5, 0.6) is 0 Å². The molecule has 0 aliphatic carbocycles. The third kappa shape index (κ3) is 3.01. The molecule has 0 aliphatic rings. The SMILES string of the molecule is NC(=O)c1sc(NCCCn2ccnc2)cc1N. The number of nitrogens with two attached hydrogens (primary N) is 2. The number of carbonyl (C=O) groups is 1. The molecule has 0 saturated heterocycles. The Kier molecular flexibility index (Phi) is 3.83. The van der Waals surface area contributed by atoms with Crippen molar-refractivity contribution in [2.75, 3.05) is 17.6 Å². The van der Waals surface area contributed by atoms with Gasteiger partial charge in [0.2, 0.25) is 0 Å². The number of imidazole rings is 1. The van der Waals surface area contributed by atoms with Gasteiger partial charge in [0.15, 0.2) is 0 Å². The van der Waals surface area contributed by atoms with Gasteiger partial charge in [-0.2, -0.15) is 0 Å². The summed E-state index contributed by atoms with van der Waals surface area (Å²) in [4.78, 5) is 15.4. The summed E-state index contributed by atoms with van der Waals surface area (Å²) in [6.07, 6.45) is 6.43. The molecule has 2 aromatic rings. The molecule has 0 fully saturated rings. The molecule has 0 saturated carbocycles. The zero-order valence-corrected chi connectivity index (χ0v) is 10.6. The summed E-state index contributed by atoms with van der Waals surface area (Å²) in [6.45, 7) is 1.70. The maximum Gasteiger partial charge on any atom is 0.260 e. The van der Waals surface area contributed by atoms with Gasteiger partial charge in [-0.15, -0.1) is 11.3 Å². The van der Waals surface area contributed by atoms with E-state index < -0.39 is 5.91 Å². The Balaban J connectivity index is 1.80. The normalized spacial score (nSPS) is 10.4. The molecule has 96 valence electrons. The molecule has 6 nitrogen and oxygen atoms in total.